The summed E-state index contributed by atoms with van der Waals surface area (Å²) in [6, 6.07) is 33.7. The van der Waals surface area contributed by atoms with Gasteiger partial charge in [0, 0.05) is 0 Å². The Kier molecular flexibility index (Phi) is 9.59. The Balaban J connectivity index is 1.91. The van der Waals surface area contributed by atoms with Crippen molar-refractivity contribution in [1.82, 2.24) is 9.80 Å². The predicted octanol–water partition coefficient (Wildman–Crippen LogP) is 5.07. The minimum atomic E-state index is -3.77. The number of hydrogen-bond acceptors (Lipinski definition) is 4. The summed E-state index contributed by atoms with van der Waals surface area (Å²) in [5.41, 5.74) is 0.592. The summed E-state index contributed by atoms with van der Waals surface area (Å²) >= 11 is -3.77. The molecule has 0 unspecified atom stereocenters. The Morgan fingerprint density at radius 2 is 1.02 bits per heavy atom. The molecule has 0 aromatic heterocycles. The summed E-state index contributed by atoms with van der Waals surface area (Å²) in [7, 11) is 8.19. The molecule has 1 aliphatic heterocycles. The molecule has 0 N–H and O–H groups in total. The molecule has 1 aliphatic rings. The summed E-state index contributed by atoms with van der Waals surface area (Å²) in [6.07, 6.45) is 6.23. The third-order valence-electron chi connectivity index (χ3n) is 8.11. The van der Waals surface area contributed by atoms with Crippen LogP contribution in [0.5, 0.6) is 0 Å². The van der Waals surface area contributed by atoms with E-state index in [1.54, 1.807) is 0 Å². The van der Waals surface area contributed by atoms with Gasteiger partial charge in [0.2, 0.25) is 0 Å². The van der Waals surface area contributed by atoms with Gasteiger partial charge >= 0.3 is 248 Å². The van der Waals surface area contributed by atoms with E-state index in [9.17, 15) is 0 Å². The Labute approximate surface area is 246 Å². The van der Waals surface area contributed by atoms with Gasteiger partial charge in [0.05, 0.1) is 0 Å². The summed E-state index contributed by atoms with van der Waals surface area (Å²) in [5.74, 6) is 0. The molecule has 4 rings (SSSR count). The molecule has 1 saturated heterocycles. The van der Waals surface area contributed by atoms with Crippen LogP contribution in [0.3, 0.4) is 0 Å². The van der Waals surface area contributed by atoms with Gasteiger partial charge in [-0.2, -0.15) is 0 Å². The van der Waals surface area contributed by atoms with Gasteiger partial charge in [-0.3, -0.25) is 0 Å². The summed E-state index contributed by atoms with van der Waals surface area (Å²) in [4.78, 5) is 4.37. The molecule has 6 heteroatoms. The molecule has 0 atom stereocenters. The molecule has 1 heterocycles. The van der Waals surface area contributed by atoms with Crippen molar-refractivity contribution in [3.63, 3.8) is 0 Å². The average molecular weight is 643 g/mol. The molecule has 1 fully saturated rings. The van der Waals surface area contributed by atoms with Gasteiger partial charge in [-0.25, -0.2) is 0 Å². The van der Waals surface area contributed by atoms with E-state index in [4.69, 9.17) is 9.31 Å². The first-order valence-corrected chi connectivity index (χ1v) is 19.9. The second-order valence-electron chi connectivity index (χ2n) is 12.3. The molecule has 0 spiro atoms. The first kappa shape index (κ1) is 30.5. The summed E-state index contributed by atoms with van der Waals surface area (Å²) < 4.78 is 18.8. The number of hydrogen-bond donors (Lipinski definition) is 0. The quantitative estimate of drug-likeness (QED) is 0.289. The predicted molar refractivity (Wildman–Crippen MR) is 173 cm³/mol. The first-order valence-electron chi connectivity index (χ1n) is 14.2. The maximum absolute atomic E-state index is 6.48. The van der Waals surface area contributed by atoms with Gasteiger partial charge in [-0.1, -0.05) is 0 Å². The second kappa shape index (κ2) is 12.6. The SMILES string of the molecule is CN(C)C=C(CB1OC(C)(C)C(C)(C)O1)C[C](=CN(C)C)[Sn]([c]1ccccc1)([c]1ccccc1)[c]1ccccc1. The van der Waals surface area contributed by atoms with Crippen LogP contribution in [0.1, 0.15) is 34.1 Å². The maximum atomic E-state index is 6.48. The molecule has 0 radical (unpaired) electrons. The van der Waals surface area contributed by atoms with Gasteiger partial charge in [0.15, 0.2) is 0 Å². The molecule has 4 nitrogen and oxygen atoms in total. The van der Waals surface area contributed by atoms with E-state index in [1.165, 1.54) is 19.9 Å². The van der Waals surface area contributed by atoms with Crippen LogP contribution >= 0.6 is 0 Å². The van der Waals surface area contributed by atoms with Crippen LogP contribution in [0.2, 0.25) is 6.32 Å². The van der Waals surface area contributed by atoms with Crippen molar-refractivity contribution in [1.29, 1.82) is 0 Å². The second-order valence-corrected chi connectivity index (χ2v) is 23.3. The fraction of sp³-hybridized carbons (Fsp3) is 0.353. The molecule has 3 aromatic carbocycles. The molecular weight excluding hydrogens is 598 g/mol. The normalized spacial score (nSPS) is 17.1. The Bertz CT molecular complexity index is 1190. The van der Waals surface area contributed by atoms with Crippen LogP contribution in [-0.4, -0.2) is 74.7 Å². The monoisotopic (exact) mass is 644 g/mol. The van der Waals surface area contributed by atoms with E-state index in [0.29, 0.717) is 0 Å². The Morgan fingerprint density at radius 3 is 1.38 bits per heavy atom. The van der Waals surface area contributed by atoms with Crippen molar-refractivity contribution >= 4 is 36.2 Å². The Hall–Kier alpha value is -2.48. The van der Waals surface area contributed by atoms with Crippen molar-refractivity contribution in [3.8, 4) is 0 Å². The van der Waals surface area contributed by atoms with Crippen molar-refractivity contribution in [2.24, 2.45) is 0 Å². The van der Waals surface area contributed by atoms with E-state index in [2.05, 4.69) is 169 Å². The van der Waals surface area contributed by atoms with Gasteiger partial charge in [-0.05, 0) is 0 Å². The molecule has 0 saturated carbocycles. The zero-order valence-corrected chi connectivity index (χ0v) is 28.4. The van der Waals surface area contributed by atoms with E-state index < -0.39 is 18.4 Å². The Morgan fingerprint density at radius 1 is 0.650 bits per heavy atom. The third kappa shape index (κ3) is 6.53. The number of rotatable bonds is 10. The minimum absolute atomic E-state index is 0.286. The fourth-order valence-corrected chi connectivity index (χ4v) is 20.4. The van der Waals surface area contributed by atoms with E-state index >= 15 is 0 Å². The van der Waals surface area contributed by atoms with Crippen LogP contribution in [0.15, 0.2) is 113 Å². The van der Waals surface area contributed by atoms with Crippen LogP contribution in [0, 0.1) is 0 Å². The average Bonchev–Trinajstić information content (AvgIpc) is 3.10. The molecule has 0 amide bonds. The number of nitrogens with zero attached hydrogens (tertiary/aromatic N) is 2. The van der Waals surface area contributed by atoms with Crippen LogP contribution < -0.4 is 10.7 Å². The zero-order valence-electron chi connectivity index (χ0n) is 25.5. The van der Waals surface area contributed by atoms with Crippen molar-refractivity contribution in [2.45, 2.75) is 51.6 Å². The van der Waals surface area contributed by atoms with E-state index in [1.807, 2.05) is 0 Å². The number of benzene rings is 3. The van der Waals surface area contributed by atoms with Gasteiger partial charge in [-0.15, -0.1) is 0 Å². The van der Waals surface area contributed by atoms with Crippen LogP contribution in [0.25, 0.3) is 0 Å². The van der Waals surface area contributed by atoms with Crippen LogP contribution in [0.4, 0.5) is 0 Å². The van der Waals surface area contributed by atoms with Crippen molar-refractivity contribution < 1.29 is 9.31 Å². The van der Waals surface area contributed by atoms with Crippen LogP contribution in [-0.2, 0) is 9.31 Å². The molecule has 210 valence electrons. The molecule has 0 bridgehead atoms. The molecule has 3 aromatic rings. The third-order valence-corrected chi connectivity index (χ3v) is 22.0. The van der Waals surface area contributed by atoms with E-state index in [-0.39, 0.29) is 18.3 Å². The first-order chi connectivity index (χ1) is 19.0. The standard InChI is InChI=1S/C16H30BN2O2.3C6H5.Sn/c1-15(2)16(3,4)21-17(20-15)12-14(13-19(7)8)10-9-11-18(5)6;3*1-2-4-6-5-3-1;/h11,13H,10,12H2,1-8H3;3*1-5H;. The molecular formula is C34H45BN2O2Sn. The summed E-state index contributed by atoms with van der Waals surface area (Å²) in [5, 5.41) is 0. The summed E-state index contributed by atoms with van der Waals surface area (Å²) in [6.45, 7) is 8.51. The fourth-order valence-electron chi connectivity index (χ4n) is 5.75. The van der Waals surface area contributed by atoms with Gasteiger partial charge in [0.25, 0.3) is 0 Å². The molecule has 40 heavy (non-hydrogen) atoms. The zero-order chi connectivity index (χ0) is 29.0. The topological polar surface area (TPSA) is 24.9 Å². The molecule has 0 aliphatic carbocycles. The van der Waals surface area contributed by atoms with Crippen molar-refractivity contribution in [2.75, 3.05) is 28.2 Å². The number of allylic oxidation sites excluding steroid dienone is 2. The van der Waals surface area contributed by atoms with Gasteiger partial charge in [0.1, 0.15) is 0 Å². The van der Waals surface area contributed by atoms with Gasteiger partial charge < -0.3 is 0 Å². The van der Waals surface area contributed by atoms with Crippen molar-refractivity contribution in [3.05, 3.63) is 113 Å². The van der Waals surface area contributed by atoms with E-state index in [0.717, 1.165) is 12.7 Å².